The van der Waals surface area contributed by atoms with Crippen LogP contribution >= 0.6 is 15.9 Å². The van der Waals surface area contributed by atoms with E-state index in [4.69, 9.17) is 0 Å². The predicted octanol–water partition coefficient (Wildman–Crippen LogP) is 1.78. The number of sulfone groups is 1. The van der Waals surface area contributed by atoms with Crippen LogP contribution in [-0.4, -0.2) is 28.4 Å². The number of hydrogen-bond acceptors (Lipinski definition) is 5. The van der Waals surface area contributed by atoms with Crippen molar-refractivity contribution in [3.63, 3.8) is 0 Å². The number of nitro benzene ring substituents is 1. The van der Waals surface area contributed by atoms with Gasteiger partial charge in [0.2, 0.25) is 0 Å². The van der Waals surface area contributed by atoms with Gasteiger partial charge in [0.15, 0.2) is 9.84 Å². The van der Waals surface area contributed by atoms with Crippen molar-refractivity contribution in [2.75, 3.05) is 5.75 Å². The van der Waals surface area contributed by atoms with Crippen molar-refractivity contribution in [2.45, 2.75) is 17.2 Å². The molecule has 1 rings (SSSR count). The summed E-state index contributed by atoms with van der Waals surface area (Å²) in [4.78, 5) is 9.89. The van der Waals surface area contributed by atoms with Gasteiger partial charge in [0, 0.05) is 17.9 Å². The highest BCUT2D eigenvalue weighted by Gasteiger charge is 2.29. The summed E-state index contributed by atoms with van der Waals surface area (Å²) in [6.45, 7) is 1.48. The zero-order chi connectivity index (χ0) is 13.9. The first-order valence-corrected chi connectivity index (χ1v) is 7.70. The van der Waals surface area contributed by atoms with Crippen LogP contribution in [0.15, 0.2) is 24.3 Å². The van der Waals surface area contributed by atoms with Gasteiger partial charge in [0.05, 0.1) is 4.92 Å². The molecule has 0 fully saturated rings. The normalized spacial score (nSPS) is 15.1. The maximum Gasteiger partial charge on any atom is 0.269 e. The minimum Gasteiger partial charge on any atom is -0.386 e. The summed E-state index contributed by atoms with van der Waals surface area (Å²) in [5.74, 6) is -0.104. The molecule has 0 aliphatic heterocycles. The number of rotatable bonds is 5. The predicted molar refractivity (Wildman–Crippen MR) is 70.2 cm³/mol. The van der Waals surface area contributed by atoms with E-state index in [1.54, 1.807) is 0 Å². The van der Waals surface area contributed by atoms with E-state index in [1.807, 2.05) is 0 Å². The molecule has 0 aromatic heterocycles. The molecule has 18 heavy (non-hydrogen) atoms. The Morgan fingerprint density at radius 3 is 2.28 bits per heavy atom. The summed E-state index contributed by atoms with van der Waals surface area (Å²) >= 11 is 2.94. The lowest BCUT2D eigenvalue weighted by Gasteiger charge is -2.17. The van der Waals surface area contributed by atoms with Crippen molar-refractivity contribution in [3.05, 3.63) is 39.9 Å². The topological polar surface area (TPSA) is 97.5 Å². The van der Waals surface area contributed by atoms with Crippen LogP contribution in [0.4, 0.5) is 5.69 Å². The second kappa shape index (κ2) is 5.77. The molecule has 1 aromatic carbocycles. The Hall–Kier alpha value is -0.990. The fraction of sp³-hybridized carbons (Fsp3) is 0.400. The molecule has 0 aliphatic carbocycles. The number of non-ortho nitro benzene ring substituents is 1. The molecule has 0 spiro atoms. The van der Waals surface area contributed by atoms with Gasteiger partial charge in [-0.2, -0.15) is 0 Å². The molecule has 0 radical (unpaired) electrons. The summed E-state index contributed by atoms with van der Waals surface area (Å²) < 4.78 is 22.0. The third kappa shape index (κ3) is 3.27. The smallest absolute Gasteiger partial charge is 0.269 e. The number of nitrogens with zero attached hydrogens (tertiary/aromatic N) is 1. The molecule has 2 atom stereocenters. The Labute approximate surface area is 113 Å². The van der Waals surface area contributed by atoms with Crippen molar-refractivity contribution < 1.29 is 18.4 Å². The molecule has 2 unspecified atom stereocenters. The van der Waals surface area contributed by atoms with E-state index in [2.05, 4.69) is 15.9 Å². The molecule has 1 aromatic rings. The molecule has 1 N–H and O–H groups in total. The van der Waals surface area contributed by atoms with E-state index in [0.717, 1.165) is 0 Å². The summed E-state index contributed by atoms with van der Waals surface area (Å²) in [6.07, 6.45) is -1.27. The zero-order valence-electron chi connectivity index (χ0n) is 9.48. The van der Waals surface area contributed by atoms with Crippen molar-refractivity contribution in [1.82, 2.24) is 0 Å². The fourth-order valence-electron chi connectivity index (χ4n) is 1.30. The van der Waals surface area contributed by atoms with Gasteiger partial charge >= 0.3 is 0 Å². The fourth-order valence-corrected chi connectivity index (χ4v) is 3.27. The lowest BCUT2D eigenvalue weighted by Crippen LogP contribution is -2.24. The molecule has 100 valence electrons. The van der Waals surface area contributed by atoms with Crippen molar-refractivity contribution >= 4 is 31.5 Å². The van der Waals surface area contributed by atoms with Crippen LogP contribution in [-0.2, 0) is 9.84 Å². The van der Waals surface area contributed by atoms with Gasteiger partial charge in [-0.3, -0.25) is 10.1 Å². The van der Waals surface area contributed by atoms with Gasteiger partial charge in [0.25, 0.3) is 5.69 Å². The molecule has 0 aliphatic rings. The van der Waals surface area contributed by atoms with E-state index >= 15 is 0 Å². The highest BCUT2D eigenvalue weighted by atomic mass is 79.9. The number of aliphatic hydroxyl groups excluding tert-OH is 1. The highest BCUT2D eigenvalue weighted by molar-refractivity contribution is 9.11. The summed E-state index contributed by atoms with van der Waals surface area (Å²) in [6, 6.07) is 5.11. The number of hydrogen-bond donors (Lipinski definition) is 1. The Morgan fingerprint density at radius 1 is 1.39 bits per heavy atom. The minimum atomic E-state index is -3.44. The van der Waals surface area contributed by atoms with E-state index in [1.165, 1.54) is 31.2 Å². The average molecular weight is 338 g/mol. The van der Waals surface area contributed by atoms with Crippen LogP contribution in [0.5, 0.6) is 0 Å². The van der Waals surface area contributed by atoms with Gasteiger partial charge < -0.3 is 5.11 Å². The number of benzene rings is 1. The van der Waals surface area contributed by atoms with Crippen LogP contribution in [0.1, 0.15) is 18.6 Å². The molecule has 0 heterocycles. The van der Waals surface area contributed by atoms with Gasteiger partial charge in [-0.15, -0.1) is 0 Å². The number of alkyl halides is 1. The molecular weight excluding hydrogens is 326 g/mol. The number of nitro groups is 1. The Kier molecular flexibility index (Phi) is 4.83. The highest BCUT2D eigenvalue weighted by Crippen LogP contribution is 2.28. The van der Waals surface area contributed by atoms with E-state index in [9.17, 15) is 23.6 Å². The van der Waals surface area contributed by atoms with Crippen LogP contribution in [0.3, 0.4) is 0 Å². The second-order valence-electron chi connectivity index (χ2n) is 3.60. The van der Waals surface area contributed by atoms with Crippen molar-refractivity contribution in [2.24, 2.45) is 0 Å². The van der Waals surface area contributed by atoms with Crippen molar-refractivity contribution in [3.8, 4) is 0 Å². The maximum absolute atomic E-state index is 11.6. The average Bonchev–Trinajstić information content (AvgIpc) is 2.37. The van der Waals surface area contributed by atoms with Crippen LogP contribution in [0, 0.1) is 10.1 Å². The van der Waals surface area contributed by atoms with Crippen LogP contribution in [0.2, 0.25) is 0 Å². The van der Waals surface area contributed by atoms with E-state index < -0.39 is 25.0 Å². The molecule has 0 amide bonds. The van der Waals surface area contributed by atoms with Gasteiger partial charge in [-0.25, -0.2) is 8.42 Å². The molecule has 8 heteroatoms. The Bertz CT molecular complexity index is 528. The van der Waals surface area contributed by atoms with Gasteiger partial charge in [-0.05, 0) is 17.7 Å². The quantitative estimate of drug-likeness (QED) is 0.501. The maximum atomic E-state index is 11.6. The lowest BCUT2D eigenvalue weighted by atomic mass is 10.1. The van der Waals surface area contributed by atoms with Gasteiger partial charge in [-0.1, -0.05) is 22.9 Å². The van der Waals surface area contributed by atoms with Gasteiger partial charge in [0.1, 0.15) is 10.3 Å². The SMILES string of the molecule is CCS(=O)(=O)C(Br)C(O)c1ccc([N+](=O)[O-])cc1. The van der Waals surface area contributed by atoms with Crippen LogP contribution in [0.25, 0.3) is 0 Å². The molecule has 6 nitrogen and oxygen atoms in total. The summed E-state index contributed by atoms with van der Waals surface area (Å²) in [5.41, 5.74) is 0.190. The van der Waals surface area contributed by atoms with Crippen molar-refractivity contribution in [1.29, 1.82) is 0 Å². The standard InChI is InChI=1S/C10H12BrNO5S/c1-2-18(16,17)10(11)9(13)7-3-5-8(6-4-7)12(14)15/h3-6,9-10,13H,2H2,1H3. The Balaban J connectivity index is 2.98. The minimum absolute atomic E-state index is 0.104. The first-order valence-electron chi connectivity index (χ1n) is 5.07. The number of aliphatic hydroxyl groups is 1. The third-order valence-corrected chi connectivity index (χ3v) is 6.40. The molecule has 0 saturated carbocycles. The monoisotopic (exact) mass is 337 g/mol. The molecule has 0 saturated heterocycles. The van der Waals surface area contributed by atoms with E-state index in [-0.39, 0.29) is 11.4 Å². The largest absolute Gasteiger partial charge is 0.386 e. The number of halogens is 1. The zero-order valence-corrected chi connectivity index (χ0v) is 11.9. The van der Waals surface area contributed by atoms with E-state index in [0.29, 0.717) is 5.56 Å². The Morgan fingerprint density at radius 2 is 1.89 bits per heavy atom. The second-order valence-corrected chi connectivity index (χ2v) is 7.60. The first-order chi connectivity index (χ1) is 8.29. The first kappa shape index (κ1) is 15.1. The third-order valence-electron chi connectivity index (χ3n) is 2.44. The summed E-state index contributed by atoms with van der Waals surface area (Å²) in [5, 5.41) is 20.3. The lowest BCUT2D eigenvalue weighted by molar-refractivity contribution is -0.384. The summed E-state index contributed by atoms with van der Waals surface area (Å²) in [7, 11) is -3.44. The molecule has 0 bridgehead atoms. The molecular formula is C10H12BrNO5S. The van der Waals surface area contributed by atoms with Crippen LogP contribution < -0.4 is 0 Å².